The molecule has 0 aliphatic carbocycles. The molecule has 1 aromatic heterocycles. The fourth-order valence-corrected chi connectivity index (χ4v) is 3.90. The van der Waals surface area contributed by atoms with Crippen molar-refractivity contribution >= 4 is 17.7 Å². The molecule has 160 valence electrons. The van der Waals surface area contributed by atoms with Gasteiger partial charge in [0.15, 0.2) is 0 Å². The van der Waals surface area contributed by atoms with E-state index in [-0.39, 0.29) is 29.1 Å². The van der Waals surface area contributed by atoms with Crippen LogP contribution >= 0.6 is 0 Å². The molecule has 3 rings (SSSR count). The largest absolute Gasteiger partial charge is 0.350 e. The molecular formula is C21H33N5O3. The Bertz CT molecular complexity index is 752. The second kappa shape index (κ2) is 8.97. The Morgan fingerprint density at radius 3 is 2.59 bits per heavy atom. The summed E-state index contributed by atoms with van der Waals surface area (Å²) in [6.07, 6.45) is 3.31. The molecule has 2 fully saturated rings. The number of hydrogen-bond acceptors (Lipinski definition) is 4. The smallest absolute Gasteiger partial charge is 0.225 e. The van der Waals surface area contributed by atoms with Crippen molar-refractivity contribution < 1.29 is 14.4 Å². The monoisotopic (exact) mass is 403 g/mol. The highest BCUT2D eigenvalue weighted by atomic mass is 16.2. The molecule has 0 aromatic carbocycles. The molecule has 0 unspecified atom stereocenters. The number of amides is 3. The van der Waals surface area contributed by atoms with Crippen LogP contribution in [0.15, 0.2) is 6.07 Å². The normalized spacial score (nSPS) is 20.4. The summed E-state index contributed by atoms with van der Waals surface area (Å²) in [4.78, 5) is 40.2. The van der Waals surface area contributed by atoms with Gasteiger partial charge in [0.05, 0.1) is 23.9 Å². The van der Waals surface area contributed by atoms with Crippen LogP contribution in [0.2, 0.25) is 0 Å². The summed E-state index contributed by atoms with van der Waals surface area (Å²) in [7, 11) is 0. The van der Waals surface area contributed by atoms with E-state index in [0.29, 0.717) is 45.4 Å². The lowest BCUT2D eigenvalue weighted by molar-refractivity contribution is -0.138. The minimum Gasteiger partial charge on any atom is -0.350 e. The van der Waals surface area contributed by atoms with Crippen molar-refractivity contribution in [1.82, 2.24) is 25.3 Å². The van der Waals surface area contributed by atoms with Gasteiger partial charge in [0.1, 0.15) is 0 Å². The number of piperidine rings is 1. The number of carbonyl (C=O) groups is 3. The third-order valence-corrected chi connectivity index (χ3v) is 5.75. The van der Waals surface area contributed by atoms with Crippen molar-refractivity contribution in [3.63, 3.8) is 0 Å². The SMILES string of the molecule is CC(C)(C)c1cc(CNC(=O)[C@H]2CCC(=O)N(CCCN3CCCC3=O)C2)[nH]n1. The number of nitrogens with zero attached hydrogens (tertiary/aromatic N) is 3. The van der Waals surface area contributed by atoms with Crippen LogP contribution in [-0.2, 0) is 26.3 Å². The van der Waals surface area contributed by atoms with E-state index < -0.39 is 0 Å². The van der Waals surface area contributed by atoms with Crippen LogP contribution in [-0.4, -0.2) is 63.9 Å². The molecule has 2 aliphatic heterocycles. The number of hydrogen-bond donors (Lipinski definition) is 2. The molecule has 2 N–H and O–H groups in total. The summed E-state index contributed by atoms with van der Waals surface area (Å²) < 4.78 is 0. The molecule has 8 heteroatoms. The number of aromatic amines is 1. The molecule has 0 radical (unpaired) electrons. The molecular weight excluding hydrogens is 370 g/mol. The maximum Gasteiger partial charge on any atom is 0.225 e. The summed E-state index contributed by atoms with van der Waals surface area (Å²) in [5.41, 5.74) is 1.80. The third kappa shape index (κ3) is 5.58. The Hall–Kier alpha value is -2.38. The van der Waals surface area contributed by atoms with E-state index >= 15 is 0 Å². The fraction of sp³-hybridized carbons (Fsp3) is 0.714. The molecule has 2 aliphatic rings. The van der Waals surface area contributed by atoms with E-state index in [1.54, 1.807) is 4.90 Å². The van der Waals surface area contributed by atoms with E-state index in [0.717, 1.165) is 30.8 Å². The van der Waals surface area contributed by atoms with Gasteiger partial charge >= 0.3 is 0 Å². The first-order chi connectivity index (χ1) is 13.7. The van der Waals surface area contributed by atoms with Crippen LogP contribution in [0.3, 0.4) is 0 Å². The minimum absolute atomic E-state index is 0.0240. The van der Waals surface area contributed by atoms with Gasteiger partial charge in [-0.15, -0.1) is 0 Å². The number of likely N-dealkylation sites (tertiary alicyclic amines) is 2. The summed E-state index contributed by atoms with van der Waals surface area (Å²) in [5, 5.41) is 10.3. The minimum atomic E-state index is -0.189. The third-order valence-electron chi connectivity index (χ3n) is 5.75. The lowest BCUT2D eigenvalue weighted by Crippen LogP contribution is -2.46. The summed E-state index contributed by atoms with van der Waals surface area (Å²) in [5.74, 6) is 0.0982. The van der Waals surface area contributed by atoms with Gasteiger partial charge in [-0.1, -0.05) is 20.8 Å². The van der Waals surface area contributed by atoms with Gasteiger partial charge in [-0.25, -0.2) is 0 Å². The first-order valence-electron chi connectivity index (χ1n) is 10.6. The number of H-pyrrole nitrogens is 1. The highest BCUT2D eigenvalue weighted by Gasteiger charge is 2.30. The lowest BCUT2D eigenvalue weighted by atomic mass is 9.92. The molecule has 0 saturated carbocycles. The zero-order valence-corrected chi connectivity index (χ0v) is 17.8. The van der Waals surface area contributed by atoms with Crippen molar-refractivity contribution in [2.24, 2.45) is 5.92 Å². The van der Waals surface area contributed by atoms with E-state index in [1.807, 2.05) is 11.0 Å². The predicted molar refractivity (Wildman–Crippen MR) is 109 cm³/mol. The van der Waals surface area contributed by atoms with Gasteiger partial charge in [0.2, 0.25) is 17.7 Å². The average Bonchev–Trinajstić information content (AvgIpc) is 3.30. The van der Waals surface area contributed by atoms with Crippen LogP contribution in [0, 0.1) is 5.92 Å². The molecule has 3 amide bonds. The molecule has 1 atom stereocenters. The average molecular weight is 404 g/mol. The predicted octanol–water partition coefficient (Wildman–Crippen LogP) is 1.57. The van der Waals surface area contributed by atoms with E-state index in [9.17, 15) is 14.4 Å². The quantitative estimate of drug-likeness (QED) is 0.722. The molecule has 3 heterocycles. The fourth-order valence-electron chi connectivity index (χ4n) is 3.90. The van der Waals surface area contributed by atoms with Gasteiger partial charge in [-0.2, -0.15) is 5.10 Å². The highest BCUT2D eigenvalue weighted by molar-refractivity contribution is 5.83. The summed E-state index contributed by atoms with van der Waals surface area (Å²) in [6, 6.07) is 1.98. The van der Waals surface area contributed by atoms with Crippen molar-refractivity contribution in [3.05, 3.63) is 17.5 Å². The Kier molecular flexibility index (Phi) is 6.59. The van der Waals surface area contributed by atoms with E-state index in [1.165, 1.54) is 0 Å². The maximum absolute atomic E-state index is 12.6. The van der Waals surface area contributed by atoms with Crippen LogP contribution < -0.4 is 5.32 Å². The Balaban J connectivity index is 1.45. The lowest BCUT2D eigenvalue weighted by Gasteiger charge is -2.32. The number of nitrogens with one attached hydrogen (secondary N) is 2. The van der Waals surface area contributed by atoms with Gasteiger partial charge in [0.25, 0.3) is 0 Å². The van der Waals surface area contributed by atoms with Crippen molar-refractivity contribution in [2.45, 2.75) is 64.8 Å². The second-order valence-corrected chi connectivity index (χ2v) is 9.16. The Labute approximate surface area is 172 Å². The van der Waals surface area contributed by atoms with Crippen LogP contribution in [0.1, 0.15) is 64.3 Å². The second-order valence-electron chi connectivity index (χ2n) is 9.16. The number of rotatable bonds is 7. The van der Waals surface area contributed by atoms with Gasteiger partial charge < -0.3 is 15.1 Å². The first kappa shape index (κ1) is 21.3. The Morgan fingerprint density at radius 2 is 1.93 bits per heavy atom. The zero-order chi connectivity index (χ0) is 21.0. The molecule has 1 aromatic rings. The standard InChI is InChI=1S/C21H33N5O3/c1-21(2,3)17-12-16(23-24-17)13-22-20(29)15-7-8-19(28)26(14-15)11-5-10-25-9-4-6-18(25)27/h12,15H,4-11,13-14H2,1-3H3,(H,22,29)(H,23,24)/t15-/m0/s1. The molecule has 29 heavy (non-hydrogen) atoms. The van der Waals surface area contributed by atoms with Crippen molar-refractivity contribution in [3.8, 4) is 0 Å². The highest BCUT2D eigenvalue weighted by Crippen LogP contribution is 2.21. The van der Waals surface area contributed by atoms with Gasteiger partial charge in [0, 0.05) is 44.4 Å². The first-order valence-corrected chi connectivity index (χ1v) is 10.6. The van der Waals surface area contributed by atoms with Gasteiger partial charge in [-0.05, 0) is 25.3 Å². The maximum atomic E-state index is 12.6. The van der Waals surface area contributed by atoms with Crippen LogP contribution in [0.25, 0.3) is 0 Å². The molecule has 2 saturated heterocycles. The van der Waals surface area contributed by atoms with Gasteiger partial charge in [-0.3, -0.25) is 19.5 Å². The van der Waals surface area contributed by atoms with Crippen molar-refractivity contribution in [2.75, 3.05) is 26.2 Å². The summed E-state index contributed by atoms with van der Waals surface area (Å²) in [6.45, 7) is 9.26. The molecule has 0 spiro atoms. The zero-order valence-electron chi connectivity index (χ0n) is 17.8. The summed E-state index contributed by atoms with van der Waals surface area (Å²) >= 11 is 0. The van der Waals surface area contributed by atoms with Crippen molar-refractivity contribution in [1.29, 1.82) is 0 Å². The van der Waals surface area contributed by atoms with Crippen LogP contribution in [0.4, 0.5) is 0 Å². The Morgan fingerprint density at radius 1 is 1.21 bits per heavy atom. The number of aromatic nitrogens is 2. The van der Waals surface area contributed by atoms with Crippen LogP contribution in [0.5, 0.6) is 0 Å². The van der Waals surface area contributed by atoms with E-state index in [4.69, 9.17) is 0 Å². The number of carbonyl (C=O) groups excluding carboxylic acids is 3. The molecule has 8 nitrogen and oxygen atoms in total. The topological polar surface area (TPSA) is 98.4 Å². The molecule has 0 bridgehead atoms. The van der Waals surface area contributed by atoms with E-state index in [2.05, 4.69) is 36.3 Å².